The van der Waals surface area contributed by atoms with E-state index in [-0.39, 0.29) is 12.4 Å². The highest BCUT2D eigenvalue weighted by Crippen LogP contribution is 2.21. The Balaban J connectivity index is 2.76. The van der Waals surface area contributed by atoms with Gasteiger partial charge in [0.2, 0.25) is 0 Å². The molecule has 1 rings (SSSR count). The second kappa shape index (κ2) is 6.66. The van der Waals surface area contributed by atoms with Gasteiger partial charge in [-0.15, -0.1) is 0 Å². The quantitative estimate of drug-likeness (QED) is 0.822. The van der Waals surface area contributed by atoms with Crippen molar-refractivity contribution in [3.8, 4) is 5.75 Å². The van der Waals surface area contributed by atoms with Crippen LogP contribution in [0.15, 0.2) is 18.2 Å². The van der Waals surface area contributed by atoms with Crippen LogP contribution in [0.5, 0.6) is 5.75 Å². The number of ether oxygens (including phenoxy) is 1. The standard InChI is InChI=1S/C13H19F2NO2/c1-8(2)5-11(16)13(7-17)18-12-6-9(14)3-4-10(12)15/h3-4,6,8,11,13,17H,5,7,16H2,1-2H3. The van der Waals surface area contributed by atoms with E-state index < -0.39 is 23.8 Å². The van der Waals surface area contributed by atoms with Gasteiger partial charge in [0.15, 0.2) is 11.6 Å². The predicted molar refractivity (Wildman–Crippen MR) is 65.3 cm³/mol. The number of benzene rings is 1. The van der Waals surface area contributed by atoms with Crippen molar-refractivity contribution in [2.45, 2.75) is 32.4 Å². The molecule has 0 saturated heterocycles. The SMILES string of the molecule is CC(C)CC(N)C(CO)Oc1cc(F)ccc1F. The third-order valence-corrected chi connectivity index (χ3v) is 2.57. The molecule has 102 valence electrons. The summed E-state index contributed by atoms with van der Waals surface area (Å²) in [6.45, 7) is 3.62. The molecule has 0 aromatic heterocycles. The maximum absolute atomic E-state index is 13.4. The number of hydrogen-bond acceptors (Lipinski definition) is 3. The number of aliphatic hydroxyl groups is 1. The summed E-state index contributed by atoms with van der Waals surface area (Å²) in [7, 11) is 0. The van der Waals surface area contributed by atoms with Crippen LogP contribution in [0, 0.1) is 17.6 Å². The zero-order chi connectivity index (χ0) is 13.7. The molecule has 0 amide bonds. The van der Waals surface area contributed by atoms with Gasteiger partial charge in [-0.1, -0.05) is 13.8 Å². The topological polar surface area (TPSA) is 55.5 Å². The minimum absolute atomic E-state index is 0.228. The summed E-state index contributed by atoms with van der Waals surface area (Å²) in [6, 6.07) is 2.50. The van der Waals surface area contributed by atoms with Crippen LogP contribution in [0.2, 0.25) is 0 Å². The fraction of sp³-hybridized carbons (Fsp3) is 0.538. The predicted octanol–water partition coefficient (Wildman–Crippen LogP) is 2.08. The van der Waals surface area contributed by atoms with Crippen LogP contribution in [0.1, 0.15) is 20.3 Å². The van der Waals surface area contributed by atoms with E-state index >= 15 is 0 Å². The molecule has 0 radical (unpaired) electrons. The number of hydrogen-bond donors (Lipinski definition) is 2. The van der Waals surface area contributed by atoms with Gasteiger partial charge < -0.3 is 15.6 Å². The molecule has 1 aromatic carbocycles. The maximum atomic E-state index is 13.4. The summed E-state index contributed by atoms with van der Waals surface area (Å²) in [5.41, 5.74) is 5.86. The average Bonchev–Trinajstić information content (AvgIpc) is 2.29. The molecule has 5 heteroatoms. The maximum Gasteiger partial charge on any atom is 0.165 e. The molecule has 0 bridgehead atoms. The van der Waals surface area contributed by atoms with Crippen molar-refractivity contribution in [2.24, 2.45) is 11.7 Å². The molecule has 0 spiro atoms. The number of aliphatic hydroxyl groups excluding tert-OH is 1. The number of nitrogens with two attached hydrogens (primary N) is 1. The van der Waals surface area contributed by atoms with E-state index in [4.69, 9.17) is 10.5 Å². The van der Waals surface area contributed by atoms with Crippen molar-refractivity contribution < 1.29 is 18.6 Å². The normalized spacial score (nSPS) is 14.6. The van der Waals surface area contributed by atoms with E-state index in [2.05, 4.69) is 0 Å². The highest BCUT2D eigenvalue weighted by molar-refractivity contribution is 5.25. The Bertz CT molecular complexity index is 385. The Labute approximate surface area is 106 Å². The van der Waals surface area contributed by atoms with Gasteiger partial charge in [0.05, 0.1) is 6.61 Å². The van der Waals surface area contributed by atoms with Crippen LogP contribution in [0.25, 0.3) is 0 Å². The highest BCUT2D eigenvalue weighted by Gasteiger charge is 2.21. The molecule has 3 N–H and O–H groups in total. The average molecular weight is 259 g/mol. The summed E-state index contributed by atoms with van der Waals surface area (Å²) < 4.78 is 31.6. The summed E-state index contributed by atoms with van der Waals surface area (Å²) in [5, 5.41) is 9.21. The fourth-order valence-electron chi connectivity index (χ4n) is 1.69. The van der Waals surface area contributed by atoms with Gasteiger partial charge in [-0.25, -0.2) is 8.78 Å². The summed E-state index contributed by atoms with van der Waals surface area (Å²) in [5.74, 6) is -1.17. The van der Waals surface area contributed by atoms with Gasteiger partial charge in [-0.2, -0.15) is 0 Å². The van der Waals surface area contributed by atoms with Crippen molar-refractivity contribution in [1.82, 2.24) is 0 Å². The Hall–Kier alpha value is -1.20. The first-order valence-electron chi connectivity index (χ1n) is 5.92. The zero-order valence-corrected chi connectivity index (χ0v) is 10.6. The van der Waals surface area contributed by atoms with E-state index in [1.807, 2.05) is 13.8 Å². The molecule has 0 aliphatic heterocycles. The second-order valence-corrected chi connectivity index (χ2v) is 4.71. The van der Waals surface area contributed by atoms with Gasteiger partial charge in [0.1, 0.15) is 11.9 Å². The van der Waals surface area contributed by atoms with Crippen LogP contribution in [0.4, 0.5) is 8.78 Å². The van der Waals surface area contributed by atoms with Crippen molar-refractivity contribution in [1.29, 1.82) is 0 Å². The van der Waals surface area contributed by atoms with Gasteiger partial charge in [0, 0.05) is 12.1 Å². The molecule has 0 saturated carbocycles. The molecule has 3 nitrogen and oxygen atoms in total. The minimum Gasteiger partial charge on any atom is -0.483 e. The van der Waals surface area contributed by atoms with Gasteiger partial charge in [0.25, 0.3) is 0 Å². The number of rotatable bonds is 6. The lowest BCUT2D eigenvalue weighted by atomic mass is 10.0. The van der Waals surface area contributed by atoms with Crippen molar-refractivity contribution in [3.63, 3.8) is 0 Å². The van der Waals surface area contributed by atoms with Crippen LogP contribution < -0.4 is 10.5 Å². The van der Waals surface area contributed by atoms with Crippen molar-refractivity contribution in [3.05, 3.63) is 29.8 Å². The lowest BCUT2D eigenvalue weighted by molar-refractivity contribution is 0.0843. The molecule has 2 atom stereocenters. The summed E-state index contributed by atoms with van der Waals surface area (Å²) in [4.78, 5) is 0. The van der Waals surface area contributed by atoms with E-state index in [9.17, 15) is 13.9 Å². The van der Waals surface area contributed by atoms with Crippen LogP contribution in [0.3, 0.4) is 0 Å². The third kappa shape index (κ3) is 4.23. The first-order chi connectivity index (χ1) is 8.43. The third-order valence-electron chi connectivity index (χ3n) is 2.57. The summed E-state index contributed by atoms with van der Waals surface area (Å²) >= 11 is 0. The summed E-state index contributed by atoms with van der Waals surface area (Å²) in [6.07, 6.45) is -0.119. The zero-order valence-electron chi connectivity index (χ0n) is 10.6. The second-order valence-electron chi connectivity index (χ2n) is 4.71. The van der Waals surface area contributed by atoms with Crippen LogP contribution in [-0.2, 0) is 0 Å². The van der Waals surface area contributed by atoms with Gasteiger partial charge >= 0.3 is 0 Å². The molecule has 18 heavy (non-hydrogen) atoms. The van der Waals surface area contributed by atoms with Gasteiger partial charge in [-0.3, -0.25) is 0 Å². The molecular formula is C13H19F2NO2. The van der Waals surface area contributed by atoms with Crippen LogP contribution in [-0.4, -0.2) is 23.9 Å². The van der Waals surface area contributed by atoms with E-state index in [0.29, 0.717) is 12.3 Å². The number of halogens is 2. The van der Waals surface area contributed by atoms with E-state index in [1.54, 1.807) is 0 Å². The first-order valence-corrected chi connectivity index (χ1v) is 5.92. The molecular weight excluding hydrogens is 240 g/mol. The Morgan fingerprint density at radius 2 is 2.00 bits per heavy atom. The van der Waals surface area contributed by atoms with E-state index in [0.717, 1.165) is 18.2 Å². The molecule has 2 unspecified atom stereocenters. The Kier molecular flexibility index (Phi) is 5.50. The monoisotopic (exact) mass is 259 g/mol. The molecule has 1 aromatic rings. The molecule has 0 fully saturated rings. The lowest BCUT2D eigenvalue weighted by Crippen LogP contribution is -2.42. The van der Waals surface area contributed by atoms with E-state index in [1.165, 1.54) is 0 Å². The Morgan fingerprint density at radius 3 is 2.56 bits per heavy atom. The minimum atomic E-state index is -0.747. The highest BCUT2D eigenvalue weighted by atomic mass is 19.1. The fourth-order valence-corrected chi connectivity index (χ4v) is 1.69. The lowest BCUT2D eigenvalue weighted by Gasteiger charge is -2.24. The van der Waals surface area contributed by atoms with Gasteiger partial charge in [-0.05, 0) is 24.5 Å². The molecule has 0 aliphatic rings. The molecule has 0 aliphatic carbocycles. The van der Waals surface area contributed by atoms with Crippen molar-refractivity contribution >= 4 is 0 Å². The Morgan fingerprint density at radius 1 is 1.33 bits per heavy atom. The molecule has 0 heterocycles. The first kappa shape index (κ1) is 14.9. The smallest absolute Gasteiger partial charge is 0.165 e. The van der Waals surface area contributed by atoms with Crippen molar-refractivity contribution in [2.75, 3.05) is 6.61 Å². The van der Waals surface area contributed by atoms with Crippen LogP contribution >= 0.6 is 0 Å². The largest absolute Gasteiger partial charge is 0.483 e.